The molecule has 9 heteroatoms. The second kappa shape index (κ2) is 9.33. The van der Waals surface area contributed by atoms with Crippen LogP contribution in [0.2, 0.25) is 0 Å². The Morgan fingerprint density at radius 2 is 1.68 bits per heavy atom. The molecule has 0 bridgehead atoms. The number of halogens is 5. The van der Waals surface area contributed by atoms with Crippen LogP contribution >= 0.6 is 24.8 Å². The smallest absolute Gasteiger partial charge is 0.467 e. The fraction of sp³-hybridized carbons (Fsp3) is 0.375. The van der Waals surface area contributed by atoms with Gasteiger partial charge in [0.25, 0.3) is 0 Å². The molecule has 0 aliphatic carbocycles. The number of piperazine rings is 1. The van der Waals surface area contributed by atoms with E-state index in [1.807, 2.05) is 12.1 Å². The van der Waals surface area contributed by atoms with Crippen LogP contribution in [0.1, 0.15) is 17.4 Å². The zero-order chi connectivity index (χ0) is 16.3. The first kappa shape index (κ1) is 21.6. The maximum Gasteiger partial charge on any atom is 0.573 e. The van der Waals surface area contributed by atoms with Crippen molar-refractivity contribution in [1.82, 2.24) is 10.2 Å². The summed E-state index contributed by atoms with van der Waals surface area (Å²) in [6, 6.07) is 9.54. The molecule has 0 spiro atoms. The molecular weight excluding hydrogens is 380 g/mol. The van der Waals surface area contributed by atoms with E-state index in [1.165, 1.54) is 12.1 Å². The maximum atomic E-state index is 12.3. The zero-order valence-corrected chi connectivity index (χ0v) is 14.8. The van der Waals surface area contributed by atoms with Gasteiger partial charge in [0.15, 0.2) is 0 Å². The van der Waals surface area contributed by atoms with Gasteiger partial charge in [-0.15, -0.1) is 38.0 Å². The second-order valence-corrected chi connectivity index (χ2v) is 5.32. The van der Waals surface area contributed by atoms with Crippen LogP contribution < -0.4 is 10.1 Å². The monoisotopic (exact) mass is 398 g/mol. The maximum absolute atomic E-state index is 12.3. The quantitative estimate of drug-likeness (QED) is 0.843. The number of alkyl halides is 3. The summed E-state index contributed by atoms with van der Waals surface area (Å²) < 4.78 is 46.3. The molecule has 3 rings (SSSR count). The van der Waals surface area contributed by atoms with Crippen molar-refractivity contribution in [3.05, 3.63) is 54.0 Å². The number of hydrogen-bond donors (Lipinski definition) is 1. The van der Waals surface area contributed by atoms with Crippen molar-refractivity contribution in [3.63, 3.8) is 0 Å². The Kier molecular flexibility index (Phi) is 8.08. The predicted octanol–water partition coefficient (Wildman–Crippen LogP) is 4.02. The lowest BCUT2D eigenvalue weighted by atomic mass is 10.0. The van der Waals surface area contributed by atoms with Crippen LogP contribution in [-0.2, 0) is 0 Å². The summed E-state index contributed by atoms with van der Waals surface area (Å²) in [5, 5.41) is 3.28. The van der Waals surface area contributed by atoms with Crippen molar-refractivity contribution in [1.29, 1.82) is 0 Å². The first-order chi connectivity index (χ1) is 11.0. The largest absolute Gasteiger partial charge is 0.573 e. The van der Waals surface area contributed by atoms with Crippen molar-refractivity contribution < 1.29 is 22.3 Å². The van der Waals surface area contributed by atoms with Crippen LogP contribution in [0.15, 0.2) is 47.1 Å². The molecule has 1 N–H and O–H groups in total. The molecule has 1 aromatic carbocycles. The Morgan fingerprint density at radius 3 is 2.20 bits per heavy atom. The van der Waals surface area contributed by atoms with E-state index < -0.39 is 6.36 Å². The lowest BCUT2D eigenvalue weighted by Gasteiger charge is -2.34. The van der Waals surface area contributed by atoms with E-state index in [9.17, 15) is 13.2 Å². The molecule has 25 heavy (non-hydrogen) atoms. The van der Waals surface area contributed by atoms with E-state index in [2.05, 4.69) is 15.0 Å². The van der Waals surface area contributed by atoms with Crippen LogP contribution in [0.5, 0.6) is 5.75 Å². The van der Waals surface area contributed by atoms with Gasteiger partial charge in [-0.05, 0) is 29.8 Å². The van der Waals surface area contributed by atoms with Gasteiger partial charge in [-0.25, -0.2) is 0 Å². The number of rotatable bonds is 4. The van der Waals surface area contributed by atoms with Gasteiger partial charge in [0.05, 0.1) is 12.3 Å². The predicted molar refractivity (Wildman–Crippen MR) is 92.6 cm³/mol. The average molecular weight is 399 g/mol. The fourth-order valence-electron chi connectivity index (χ4n) is 2.79. The van der Waals surface area contributed by atoms with Gasteiger partial charge in [0.1, 0.15) is 11.5 Å². The van der Waals surface area contributed by atoms with Crippen LogP contribution in [0, 0.1) is 0 Å². The molecule has 1 saturated heterocycles. The van der Waals surface area contributed by atoms with Gasteiger partial charge >= 0.3 is 6.36 Å². The van der Waals surface area contributed by atoms with Crippen molar-refractivity contribution in [2.75, 3.05) is 26.2 Å². The number of ether oxygens (including phenoxy) is 1. The van der Waals surface area contributed by atoms with E-state index >= 15 is 0 Å². The highest BCUT2D eigenvalue weighted by atomic mass is 35.5. The van der Waals surface area contributed by atoms with Crippen LogP contribution in [0.25, 0.3) is 0 Å². The fourth-order valence-corrected chi connectivity index (χ4v) is 2.79. The van der Waals surface area contributed by atoms with E-state index in [4.69, 9.17) is 4.42 Å². The van der Waals surface area contributed by atoms with Crippen LogP contribution in [-0.4, -0.2) is 37.4 Å². The summed E-state index contributed by atoms with van der Waals surface area (Å²) in [6.07, 6.45) is -3.08. The third-order valence-electron chi connectivity index (χ3n) is 3.76. The van der Waals surface area contributed by atoms with Gasteiger partial charge in [-0.3, -0.25) is 4.90 Å². The number of benzene rings is 1. The first-order valence-corrected chi connectivity index (χ1v) is 7.37. The Morgan fingerprint density at radius 1 is 1.04 bits per heavy atom. The Hall–Kier alpha value is -1.41. The minimum atomic E-state index is -4.68. The Balaban J connectivity index is 0.00000156. The van der Waals surface area contributed by atoms with Crippen molar-refractivity contribution in [2.45, 2.75) is 12.4 Å². The minimum absolute atomic E-state index is 0. The molecule has 1 aromatic heterocycles. The van der Waals surface area contributed by atoms with Crippen LogP contribution in [0.4, 0.5) is 13.2 Å². The Labute approximate surface area is 156 Å². The summed E-state index contributed by atoms with van der Waals surface area (Å²) in [5.41, 5.74) is 0.872. The van der Waals surface area contributed by atoms with E-state index in [0.29, 0.717) is 0 Å². The van der Waals surface area contributed by atoms with Crippen molar-refractivity contribution in [3.8, 4) is 5.75 Å². The molecule has 2 heterocycles. The normalized spacial score (nSPS) is 16.4. The van der Waals surface area contributed by atoms with Crippen LogP contribution in [0.3, 0.4) is 0 Å². The molecule has 4 nitrogen and oxygen atoms in total. The SMILES string of the molecule is Cl.Cl.FC(F)(F)Oc1ccc([C@H](c2ccco2)N2CCNCC2)cc1. The first-order valence-electron chi connectivity index (χ1n) is 7.37. The molecule has 1 aliphatic rings. The molecule has 1 fully saturated rings. The van der Waals surface area contributed by atoms with Crippen molar-refractivity contribution in [2.24, 2.45) is 0 Å². The highest BCUT2D eigenvalue weighted by molar-refractivity contribution is 5.85. The number of nitrogens with one attached hydrogen (secondary N) is 1. The lowest BCUT2D eigenvalue weighted by Crippen LogP contribution is -2.45. The number of hydrogen-bond acceptors (Lipinski definition) is 4. The highest BCUT2D eigenvalue weighted by Crippen LogP contribution is 2.31. The number of furan rings is 1. The van der Waals surface area contributed by atoms with Gasteiger partial charge in [-0.1, -0.05) is 12.1 Å². The van der Waals surface area contributed by atoms with E-state index in [1.54, 1.807) is 18.4 Å². The molecule has 0 unspecified atom stereocenters. The van der Waals surface area contributed by atoms with Gasteiger partial charge in [0, 0.05) is 26.2 Å². The minimum Gasteiger partial charge on any atom is -0.467 e. The van der Waals surface area contributed by atoms with Gasteiger partial charge < -0.3 is 14.5 Å². The average Bonchev–Trinajstić information content (AvgIpc) is 3.03. The summed E-state index contributed by atoms with van der Waals surface area (Å²) in [5.74, 6) is 0.552. The van der Waals surface area contributed by atoms with Crippen molar-refractivity contribution >= 4 is 24.8 Å². The van der Waals surface area contributed by atoms with Gasteiger partial charge in [-0.2, -0.15) is 0 Å². The zero-order valence-electron chi connectivity index (χ0n) is 13.2. The van der Waals surface area contributed by atoms with E-state index in [-0.39, 0.29) is 36.6 Å². The molecule has 2 aromatic rings. The lowest BCUT2D eigenvalue weighted by molar-refractivity contribution is -0.274. The molecule has 0 radical (unpaired) electrons. The molecular formula is C16H19Cl2F3N2O2. The molecule has 1 atom stereocenters. The Bertz CT molecular complexity index is 615. The summed E-state index contributed by atoms with van der Waals surface area (Å²) in [4.78, 5) is 2.24. The third kappa shape index (κ3) is 5.81. The molecule has 140 valence electrons. The standard InChI is InChI=1S/C16H17F3N2O2.2ClH/c17-16(18,19)23-13-5-3-12(4-6-13)15(14-2-1-11-22-14)21-9-7-20-8-10-21;;/h1-6,11,15,20H,7-10H2;2*1H/t15-;;/m1../s1. The third-order valence-corrected chi connectivity index (χ3v) is 3.76. The molecule has 0 saturated carbocycles. The topological polar surface area (TPSA) is 37.6 Å². The summed E-state index contributed by atoms with van der Waals surface area (Å²) in [6.45, 7) is 3.41. The highest BCUT2D eigenvalue weighted by Gasteiger charge is 2.31. The summed E-state index contributed by atoms with van der Waals surface area (Å²) >= 11 is 0. The van der Waals surface area contributed by atoms with E-state index in [0.717, 1.165) is 37.5 Å². The number of nitrogens with zero attached hydrogens (tertiary/aromatic N) is 1. The molecule has 0 amide bonds. The second-order valence-electron chi connectivity index (χ2n) is 5.32. The molecule has 1 aliphatic heterocycles. The summed E-state index contributed by atoms with van der Waals surface area (Å²) in [7, 11) is 0. The van der Waals surface area contributed by atoms with Gasteiger partial charge in [0.2, 0.25) is 0 Å².